The number of hydrogen-bond acceptors (Lipinski definition) is 6. The van der Waals surface area contributed by atoms with E-state index in [9.17, 15) is 9.59 Å². The van der Waals surface area contributed by atoms with Crippen molar-refractivity contribution in [3.8, 4) is 5.75 Å². The first-order valence-electron chi connectivity index (χ1n) is 13.5. The molecule has 2 aromatic carbocycles. The van der Waals surface area contributed by atoms with Crippen molar-refractivity contribution in [2.75, 3.05) is 51.0 Å². The molecular formula is C30H36N3O4S+. The van der Waals surface area contributed by atoms with Crippen LogP contribution in [0, 0.1) is 0 Å². The molecule has 7 nitrogen and oxygen atoms in total. The second-order valence-corrected chi connectivity index (χ2v) is 11.1. The standard InChI is InChI=1S/C30H35N3O4S/c1-2-6-30(35)37-22-33(17-14-32(15-18-33)27-7-5-8-28-25(27)13-20-38-28)16-3-4-19-36-24-11-9-23-10-12-29(34)31-26(23)21-24/h5,7-13,20-21H,2-4,6,14-19,22H2,1H3/p+1. The number of hydrogen-bond donors (Lipinski definition) is 1. The number of aromatic amines is 1. The molecule has 0 bridgehead atoms. The van der Waals surface area contributed by atoms with Crippen molar-refractivity contribution in [2.45, 2.75) is 32.6 Å². The summed E-state index contributed by atoms with van der Waals surface area (Å²) in [5, 5.41) is 4.46. The average molecular weight is 535 g/mol. The van der Waals surface area contributed by atoms with E-state index in [1.807, 2.05) is 31.2 Å². The number of ether oxygens (including phenoxy) is 2. The minimum Gasteiger partial charge on any atom is -0.494 e. The molecule has 200 valence electrons. The Labute approximate surface area is 227 Å². The first kappa shape index (κ1) is 26.3. The molecule has 0 radical (unpaired) electrons. The summed E-state index contributed by atoms with van der Waals surface area (Å²) < 4.78 is 13.9. The van der Waals surface area contributed by atoms with Crippen molar-refractivity contribution >= 4 is 44.0 Å². The van der Waals surface area contributed by atoms with Crippen LogP contribution < -0.4 is 15.2 Å². The molecule has 0 atom stereocenters. The van der Waals surface area contributed by atoms with Gasteiger partial charge in [0.05, 0.1) is 44.8 Å². The number of thiophene rings is 1. The molecule has 1 saturated heterocycles. The predicted molar refractivity (Wildman–Crippen MR) is 154 cm³/mol. The molecule has 1 fully saturated rings. The molecule has 0 amide bonds. The molecule has 0 unspecified atom stereocenters. The number of carbonyl (C=O) groups is 1. The Kier molecular flexibility index (Phi) is 8.29. The molecule has 8 heteroatoms. The molecule has 0 spiro atoms. The van der Waals surface area contributed by atoms with Gasteiger partial charge in [-0.15, -0.1) is 11.3 Å². The van der Waals surface area contributed by atoms with Crippen LogP contribution in [-0.4, -0.2) is 61.5 Å². The van der Waals surface area contributed by atoms with Gasteiger partial charge in [0.2, 0.25) is 12.3 Å². The second-order valence-electron chi connectivity index (χ2n) is 10.1. The van der Waals surface area contributed by atoms with Gasteiger partial charge in [-0.2, -0.15) is 0 Å². The van der Waals surface area contributed by atoms with E-state index >= 15 is 0 Å². The van der Waals surface area contributed by atoms with Gasteiger partial charge in [-0.05, 0) is 66.4 Å². The molecule has 1 aliphatic rings. The zero-order chi connectivity index (χ0) is 26.4. The van der Waals surface area contributed by atoms with Gasteiger partial charge in [0.15, 0.2) is 0 Å². The minimum atomic E-state index is -0.115. The smallest absolute Gasteiger partial charge is 0.310 e. The number of quaternary nitrogens is 1. The van der Waals surface area contributed by atoms with Gasteiger partial charge in [0.1, 0.15) is 5.75 Å². The lowest BCUT2D eigenvalue weighted by atomic mass is 10.1. The number of esters is 1. The SMILES string of the molecule is CCCC(=O)OC[N+]1(CCCCOc2ccc3ccc(=O)[nH]c3c2)CCN(c2cccc3sccc23)CC1. The van der Waals surface area contributed by atoms with Gasteiger partial charge in [0.25, 0.3) is 0 Å². The monoisotopic (exact) mass is 534 g/mol. The van der Waals surface area contributed by atoms with E-state index in [0.717, 1.165) is 73.1 Å². The van der Waals surface area contributed by atoms with Gasteiger partial charge in [-0.1, -0.05) is 13.0 Å². The number of unbranched alkanes of at least 4 members (excludes halogenated alkanes) is 1. The lowest BCUT2D eigenvalue weighted by Gasteiger charge is -2.45. The van der Waals surface area contributed by atoms with Gasteiger partial charge in [-0.25, -0.2) is 0 Å². The first-order chi connectivity index (χ1) is 18.5. The minimum absolute atomic E-state index is 0.104. The van der Waals surface area contributed by atoms with Crippen LogP contribution in [0.5, 0.6) is 5.75 Å². The van der Waals surface area contributed by atoms with Gasteiger partial charge < -0.3 is 19.4 Å². The maximum Gasteiger partial charge on any atom is 0.310 e. The summed E-state index contributed by atoms with van der Waals surface area (Å²) in [6.45, 7) is 7.75. The second kappa shape index (κ2) is 12.0. The Morgan fingerprint density at radius 2 is 1.92 bits per heavy atom. The van der Waals surface area contributed by atoms with E-state index in [2.05, 4.69) is 39.5 Å². The summed E-state index contributed by atoms with van der Waals surface area (Å²) in [6.07, 6.45) is 3.16. The van der Waals surface area contributed by atoms with Crippen LogP contribution in [-0.2, 0) is 9.53 Å². The summed E-state index contributed by atoms with van der Waals surface area (Å²) in [6, 6.07) is 17.9. The molecule has 4 aromatic rings. The number of fused-ring (bicyclic) bond motifs is 2. The largest absolute Gasteiger partial charge is 0.494 e. The van der Waals surface area contributed by atoms with Crippen molar-refractivity contribution in [3.05, 3.63) is 70.3 Å². The van der Waals surface area contributed by atoms with E-state index in [1.165, 1.54) is 21.8 Å². The summed E-state index contributed by atoms with van der Waals surface area (Å²) in [5.41, 5.74) is 1.97. The normalized spacial score (nSPS) is 15.1. The van der Waals surface area contributed by atoms with Crippen molar-refractivity contribution in [3.63, 3.8) is 0 Å². The van der Waals surface area contributed by atoms with Crippen LogP contribution in [0.25, 0.3) is 21.0 Å². The number of nitrogens with zero attached hydrogens (tertiary/aromatic N) is 2. The Morgan fingerprint density at radius 1 is 1.08 bits per heavy atom. The van der Waals surface area contributed by atoms with Gasteiger partial charge in [-0.3, -0.25) is 14.1 Å². The highest BCUT2D eigenvalue weighted by Crippen LogP contribution is 2.32. The van der Waals surface area contributed by atoms with Gasteiger partial charge in [0, 0.05) is 34.3 Å². The molecule has 1 aliphatic heterocycles. The maximum atomic E-state index is 12.2. The van der Waals surface area contributed by atoms with Crippen LogP contribution in [0.15, 0.2) is 64.8 Å². The molecule has 2 aromatic heterocycles. The molecule has 3 heterocycles. The highest BCUT2D eigenvalue weighted by molar-refractivity contribution is 7.17. The first-order valence-corrected chi connectivity index (χ1v) is 14.4. The molecule has 5 rings (SSSR count). The lowest BCUT2D eigenvalue weighted by Crippen LogP contribution is -2.61. The fourth-order valence-corrected chi connectivity index (χ4v) is 6.05. The van der Waals surface area contributed by atoms with Gasteiger partial charge >= 0.3 is 5.97 Å². The Hall–Kier alpha value is -3.36. The average Bonchev–Trinajstić information content (AvgIpc) is 3.42. The highest BCUT2D eigenvalue weighted by atomic mass is 32.1. The van der Waals surface area contributed by atoms with Crippen LogP contribution >= 0.6 is 11.3 Å². The maximum absolute atomic E-state index is 12.2. The number of rotatable bonds is 11. The van der Waals surface area contributed by atoms with E-state index in [4.69, 9.17) is 9.47 Å². The molecule has 0 aliphatic carbocycles. The Bertz CT molecular complexity index is 1440. The molecule has 0 saturated carbocycles. The summed E-state index contributed by atoms with van der Waals surface area (Å²) in [7, 11) is 0. The van der Waals surface area contributed by atoms with E-state index in [-0.39, 0.29) is 11.5 Å². The molecular weight excluding hydrogens is 498 g/mol. The Morgan fingerprint density at radius 3 is 2.76 bits per heavy atom. The molecule has 1 N–H and O–H groups in total. The third-order valence-corrected chi connectivity index (χ3v) is 8.33. The van der Waals surface area contributed by atoms with E-state index in [1.54, 1.807) is 11.3 Å². The number of piperazine rings is 1. The van der Waals surface area contributed by atoms with Crippen molar-refractivity contribution in [1.82, 2.24) is 4.98 Å². The van der Waals surface area contributed by atoms with Crippen molar-refractivity contribution in [2.24, 2.45) is 0 Å². The van der Waals surface area contributed by atoms with E-state index < -0.39 is 0 Å². The number of H-pyrrole nitrogens is 1. The Balaban J connectivity index is 1.17. The number of pyridine rings is 1. The lowest BCUT2D eigenvalue weighted by molar-refractivity contribution is -0.944. The number of aromatic nitrogens is 1. The fourth-order valence-electron chi connectivity index (χ4n) is 5.24. The van der Waals surface area contributed by atoms with Crippen LogP contribution in [0.2, 0.25) is 0 Å². The zero-order valence-electron chi connectivity index (χ0n) is 22.0. The summed E-state index contributed by atoms with van der Waals surface area (Å²) >= 11 is 1.78. The third-order valence-electron chi connectivity index (χ3n) is 7.45. The van der Waals surface area contributed by atoms with E-state index in [0.29, 0.717) is 19.8 Å². The zero-order valence-corrected chi connectivity index (χ0v) is 22.8. The summed E-state index contributed by atoms with van der Waals surface area (Å²) in [5.74, 6) is 0.654. The number of carbonyl (C=O) groups excluding carboxylic acids is 1. The van der Waals surface area contributed by atoms with Crippen LogP contribution in [0.3, 0.4) is 0 Å². The van der Waals surface area contributed by atoms with Crippen molar-refractivity contribution in [1.29, 1.82) is 0 Å². The molecule has 38 heavy (non-hydrogen) atoms. The number of anilines is 1. The number of nitrogens with one attached hydrogen (secondary N) is 1. The highest BCUT2D eigenvalue weighted by Gasteiger charge is 2.34. The third kappa shape index (κ3) is 6.19. The fraction of sp³-hybridized carbons (Fsp3) is 0.400. The quantitative estimate of drug-likeness (QED) is 0.155. The topological polar surface area (TPSA) is 71.6 Å². The number of benzene rings is 2. The summed E-state index contributed by atoms with van der Waals surface area (Å²) in [4.78, 5) is 29.1. The predicted octanol–water partition coefficient (Wildman–Crippen LogP) is 5.54. The van der Waals surface area contributed by atoms with Crippen LogP contribution in [0.4, 0.5) is 5.69 Å². The van der Waals surface area contributed by atoms with Crippen molar-refractivity contribution < 1.29 is 18.8 Å². The van der Waals surface area contributed by atoms with Crippen LogP contribution in [0.1, 0.15) is 32.6 Å².